The summed E-state index contributed by atoms with van der Waals surface area (Å²) in [4.78, 5) is 21.7. The number of urea groups is 1. The molecule has 2 atom stereocenters. The number of benzene rings is 1. The van der Waals surface area contributed by atoms with Crippen molar-refractivity contribution in [2.75, 3.05) is 11.9 Å². The van der Waals surface area contributed by atoms with Gasteiger partial charge < -0.3 is 15.7 Å². The number of rotatable bonds is 4. The Bertz CT molecular complexity index is 489. The van der Waals surface area contributed by atoms with E-state index in [4.69, 9.17) is 0 Å². The highest BCUT2D eigenvalue weighted by Gasteiger charge is 2.25. The number of non-ortho nitro benzene ring substituents is 1. The highest BCUT2D eigenvalue weighted by Crippen LogP contribution is 2.24. The molecule has 7 nitrogen and oxygen atoms in total. The summed E-state index contributed by atoms with van der Waals surface area (Å²) in [6.07, 6.45) is 2.35. The zero-order valence-corrected chi connectivity index (χ0v) is 10.9. The number of anilines is 1. The lowest BCUT2D eigenvalue weighted by molar-refractivity contribution is -0.384. The normalized spacial score (nSPS) is 21.4. The monoisotopic (exact) mass is 279 g/mol. The molecular weight excluding hydrogens is 262 g/mol. The van der Waals surface area contributed by atoms with Crippen LogP contribution in [0, 0.1) is 16.0 Å². The van der Waals surface area contributed by atoms with E-state index in [2.05, 4.69) is 10.6 Å². The maximum atomic E-state index is 11.7. The van der Waals surface area contributed by atoms with Gasteiger partial charge in [0.05, 0.1) is 11.0 Å². The van der Waals surface area contributed by atoms with Crippen LogP contribution in [0.15, 0.2) is 24.3 Å². The summed E-state index contributed by atoms with van der Waals surface area (Å²) in [5, 5.41) is 25.4. The first-order valence-corrected chi connectivity index (χ1v) is 6.53. The van der Waals surface area contributed by atoms with Crippen molar-refractivity contribution in [3.05, 3.63) is 34.4 Å². The van der Waals surface area contributed by atoms with E-state index in [-0.39, 0.29) is 23.7 Å². The Morgan fingerprint density at radius 1 is 1.35 bits per heavy atom. The van der Waals surface area contributed by atoms with Gasteiger partial charge in [0.2, 0.25) is 0 Å². The molecule has 0 heterocycles. The van der Waals surface area contributed by atoms with Gasteiger partial charge >= 0.3 is 6.03 Å². The third kappa shape index (κ3) is 3.67. The van der Waals surface area contributed by atoms with E-state index >= 15 is 0 Å². The van der Waals surface area contributed by atoms with Crippen molar-refractivity contribution in [2.45, 2.75) is 25.4 Å². The average molecular weight is 279 g/mol. The van der Waals surface area contributed by atoms with Crippen molar-refractivity contribution in [2.24, 2.45) is 5.92 Å². The summed E-state index contributed by atoms with van der Waals surface area (Å²) < 4.78 is 0. The zero-order valence-electron chi connectivity index (χ0n) is 10.9. The topological polar surface area (TPSA) is 104 Å². The lowest BCUT2D eigenvalue weighted by atomic mass is 10.1. The number of amides is 2. The summed E-state index contributed by atoms with van der Waals surface area (Å²) in [6, 6.07) is 5.23. The Morgan fingerprint density at radius 3 is 2.60 bits per heavy atom. The van der Waals surface area contributed by atoms with Crippen molar-refractivity contribution in [1.82, 2.24) is 5.32 Å². The SMILES string of the molecule is O=C(NCC1CCCC1O)Nc1ccc([N+](=O)[O-])cc1. The molecule has 1 saturated carbocycles. The molecule has 1 aromatic rings. The number of hydrogen-bond acceptors (Lipinski definition) is 4. The van der Waals surface area contributed by atoms with E-state index in [1.54, 1.807) is 0 Å². The van der Waals surface area contributed by atoms with Crippen LogP contribution in [-0.2, 0) is 0 Å². The van der Waals surface area contributed by atoms with Gasteiger partial charge in [0, 0.05) is 30.3 Å². The van der Waals surface area contributed by atoms with E-state index in [0.717, 1.165) is 19.3 Å². The molecule has 1 aliphatic carbocycles. The predicted molar refractivity (Wildman–Crippen MR) is 73.5 cm³/mol. The third-order valence-electron chi connectivity index (χ3n) is 3.48. The fourth-order valence-corrected chi connectivity index (χ4v) is 2.32. The minimum Gasteiger partial charge on any atom is -0.393 e. The first kappa shape index (κ1) is 14.3. The quantitative estimate of drug-likeness (QED) is 0.578. The Balaban J connectivity index is 1.80. The lowest BCUT2D eigenvalue weighted by Crippen LogP contribution is -2.35. The molecule has 1 fully saturated rings. The van der Waals surface area contributed by atoms with Gasteiger partial charge in [0.15, 0.2) is 0 Å². The number of nitrogens with zero attached hydrogens (tertiary/aromatic N) is 1. The van der Waals surface area contributed by atoms with Crippen molar-refractivity contribution < 1.29 is 14.8 Å². The van der Waals surface area contributed by atoms with Crippen molar-refractivity contribution >= 4 is 17.4 Å². The van der Waals surface area contributed by atoms with Gasteiger partial charge in [-0.1, -0.05) is 6.42 Å². The van der Waals surface area contributed by atoms with Gasteiger partial charge in [0.25, 0.3) is 5.69 Å². The van der Waals surface area contributed by atoms with Crippen LogP contribution in [0.5, 0.6) is 0 Å². The number of nitrogens with one attached hydrogen (secondary N) is 2. The summed E-state index contributed by atoms with van der Waals surface area (Å²) in [5.74, 6) is 0.109. The highest BCUT2D eigenvalue weighted by atomic mass is 16.6. The smallest absolute Gasteiger partial charge is 0.319 e. The highest BCUT2D eigenvalue weighted by molar-refractivity contribution is 5.89. The summed E-state index contributed by atoms with van der Waals surface area (Å²) >= 11 is 0. The molecule has 0 spiro atoms. The fraction of sp³-hybridized carbons (Fsp3) is 0.462. The first-order chi connectivity index (χ1) is 9.56. The van der Waals surface area contributed by atoms with Gasteiger partial charge in [-0.25, -0.2) is 4.79 Å². The molecule has 3 N–H and O–H groups in total. The van der Waals surface area contributed by atoms with Gasteiger partial charge in [0.1, 0.15) is 0 Å². The summed E-state index contributed by atoms with van der Waals surface area (Å²) in [5.41, 5.74) is 0.463. The van der Waals surface area contributed by atoms with E-state index in [1.807, 2.05) is 0 Å². The lowest BCUT2D eigenvalue weighted by Gasteiger charge is -2.15. The molecule has 0 aromatic heterocycles. The zero-order chi connectivity index (χ0) is 14.5. The van der Waals surface area contributed by atoms with Crippen LogP contribution < -0.4 is 10.6 Å². The van der Waals surface area contributed by atoms with Crippen LogP contribution in [0.1, 0.15) is 19.3 Å². The number of carbonyl (C=O) groups excluding carboxylic acids is 1. The molecule has 0 bridgehead atoms. The minimum absolute atomic E-state index is 0.0231. The Labute approximate surface area is 116 Å². The van der Waals surface area contributed by atoms with E-state index in [0.29, 0.717) is 12.2 Å². The standard InChI is InChI=1S/C13H17N3O4/c17-12-3-1-2-9(12)8-14-13(18)15-10-4-6-11(7-5-10)16(19)20/h4-7,9,12,17H,1-3,8H2,(H2,14,15,18). The van der Waals surface area contributed by atoms with Crippen LogP contribution in [0.4, 0.5) is 16.2 Å². The van der Waals surface area contributed by atoms with Crippen LogP contribution in [-0.4, -0.2) is 28.7 Å². The van der Waals surface area contributed by atoms with Crippen LogP contribution in [0.25, 0.3) is 0 Å². The number of aliphatic hydroxyl groups is 1. The molecular formula is C13H17N3O4. The first-order valence-electron chi connectivity index (χ1n) is 6.53. The minimum atomic E-state index is -0.495. The van der Waals surface area contributed by atoms with E-state index in [9.17, 15) is 20.0 Å². The molecule has 2 rings (SSSR count). The number of hydrogen-bond donors (Lipinski definition) is 3. The van der Waals surface area contributed by atoms with Crippen molar-refractivity contribution in [3.63, 3.8) is 0 Å². The Hall–Kier alpha value is -2.15. The van der Waals surface area contributed by atoms with Crippen LogP contribution in [0.2, 0.25) is 0 Å². The Morgan fingerprint density at radius 2 is 2.05 bits per heavy atom. The number of carbonyl (C=O) groups is 1. The molecule has 0 saturated heterocycles. The number of nitro groups is 1. The number of aliphatic hydroxyl groups excluding tert-OH is 1. The van der Waals surface area contributed by atoms with E-state index < -0.39 is 4.92 Å². The Kier molecular flexibility index (Phi) is 4.52. The summed E-state index contributed by atoms with van der Waals surface area (Å²) in [6.45, 7) is 0.431. The third-order valence-corrected chi connectivity index (χ3v) is 3.48. The molecule has 1 aliphatic rings. The number of nitro benzene ring substituents is 1. The molecule has 7 heteroatoms. The maximum Gasteiger partial charge on any atom is 0.319 e. The van der Waals surface area contributed by atoms with Gasteiger partial charge in [-0.2, -0.15) is 0 Å². The van der Waals surface area contributed by atoms with Crippen LogP contribution in [0.3, 0.4) is 0 Å². The second-order valence-electron chi connectivity index (χ2n) is 4.90. The summed E-state index contributed by atoms with van der Waals surface area (Å²) in [7, 11) is 0. The fourth-order valence-electron chi connectivity index (χ4n) is 2.32. The average Bonchev–Trinajstić information content (AvgIpc) is 2.82. The molecule has 2 amide bonds. The molecule has 0 aliphatic heterocycles. The second kappa shape index (κ2) is 6.33. The van der Waals surface area contributed by atoms with Gasteiger partial charge in [-0.05, 0) is 25.0 Å². The molecule has 20 heavy (non-hydrogen) atoms. The van der Waals surface area contributed by atoms with Gasteiger partial charge in [-0.3, -0.25) is 10.1 Å². The van der Waals surface area contributed by atoms with Crippen LogP contribution >= 0.6 is 0 Å². The second-order valence-corrected chi connectivity index (χ2v) is 4.90. The van der Waals surface area contributed by atoms with Gasteiger partial charge in [-0.15, -0.1) is 0 Å². The largest absolute Gasteiger partial charge is 0.393 e. The van der Waals surface area contributed by atoms with E-state index in [1.165, 1.54) is 24.3 Å². The molecule has 108 valence electrons. The molecule has 0 radical (unpaired) electrons. The maximum absolute atomic E-state index is 11.7. The van der Waals surface area contributed by atoms with Crippen molar-refractivity contribution in [1.29, 1.82) is 0 Å². The predicted octanol–water partition coefficient (Wildman–Crippen LogP) is 1.88. The van der Waals surface area contributed by atoms with Crippen molar-refractivity contribution in [3.8, 4) is 0 Å². The molecule has 1 aromatic carbocycles. The molecule has 2 unspecified atom stereocenters.